The highest BCUT2D eigenvalue weighted by Crippen LogP contribution is 2.36. The zero-order chi connectivity index (χ0) is 22.1. The second-order valence-corrected chi connectivity index (χ2v) is 8.14. The maximum absolute atomic E-state index is 13.4. The van der Waals surface area contributed by atoms with Crippen LogP contribution in [0, 0.1) is 0 Å². The second kappa shape index (κ2) is 8.59. The summed E-state index contributed by atoms with van der Waals surface area (Å²) in [6.07, 6.45) is -4.36. The van der Waals surface area contributed by atoms with Crippen LogP contribution in [0.15, 0.2) is 18.7 Å². The number of aromatic nitrogens is 4. The fraction of sp³-hybridized carbons (Fsp3) is 0.562. The van der Waals surface area contributed by atoms with Crippen molar-refractivity contribution in [2.45, 2.75) is 37.8 Å². The third-order valence-corrected chi connectivity index (χ3v) is 5.58. The molecule has 0 amide bonds. The molecular weight excluding hydrogens is 438 g/mol. The van der Waals surface area contributed by atoms with Crippen LogP contribution in [-0.4, -0.2) is 59.9 Å². The third kappa shape index (κ3) is 5.76. The molecule has 1 unspecified atom stereocenters. The Bertz CT molecular complexity index is 863. The van der Waals surface area contributed by atoms with Gasteiger partial charge in [-0.05, 0) is 12.8 Å². The van der Waals surface area contributed by atoms with E-state index in [-0.39, 0.29) is 17.7 Å². The molecule has 7 nitrogen and oxygen atoms in total. The minimum atomic E-state index is -4.81. The van der Waals surface area contributed by atoms with Crippen molar-refractivity contribution in [2.24, 2.45) is 0 Å². The molecule has 1 atom stereocenters. The first kappa shape index (κ1) is 22.6. The van der Waals surface area contributed by atoms with Crippen molar-refractivity contribution in [1.29, 1.82) is 0 Å². The van der Waals surface area contributed by atoms with Gasteiger partial charge in [-0.3, -0.25) is 0 Å². The highest BCUT2D eigenvalue weighted by atomic mass is 32.2. The number of nitrogens with one attached hydrogen (secondary N) is 1. The van der Waals surface area contributed by atoms with Crippen LogP contribution in [0.3, 0.4) is 0 Å². The minimum absolute atomic E-state index is 0.0838. The summed E-state index contributed by atoms with van der Waals surface area (Å²) in [5, 5.41) is 2.94. The van der Waals surface area contributed by atoms with Gasteiger partial charge in [-0.25, -0.2) is 15.0 Å². The van der Waals surface area contributed by atoms with Gasteiger partial charge in [0, 0.05) is 42.9 Å². The number of rotatable bonds is 5. The number of halogens is 6. The molecule has 30 heavy (non-hydrogen) atoms. The van der Waals surface area contributed by atoms with E-state index in [0.29, 0.717) is 36.7 Å². The van der Waals surface area contributed by atoms with Crippen molar-refractivity contribution in [1.82, 2.24) is 23.8 Å². The predicted molar refractivity (Wildman–Crippen MR) is 96.6 cm³/mol. The number of piperidine rings is 1. The average Bonchev–Trinajstić information content (AvgIpc) is 3.07. The minimum Gasteiger partial charge on any atom is -0.598 e. The Morgan fingerprint density at radius 1 is 1.17 bits per heavy atom. The Labute approximate surface area is 170 Å². The smallest absolute Gasteiger partial charge is 0.420 e. The summed E-state index contributed by atoms with van der Waals surface area (Å²) >= 11 is -1.10. The molecule has 1 fully saturated rings. The molecule has 2 aromatic heterocycles. The second-order valence-electron chi connectivity index (χ2n) is 6.77. The summed E-state index contributed by atoms with van der Waals surface area (Å²) in [7, 11) is 0. The van der Waals surface area contributed by atoms with Gasteiger partial charge >= 0.3 is 12.4 Å². The summed E-state index contributed by atoms with van der Waals surface area (Å²) in [6, 6.07) is -0.142. The highest BCUT2D eigenvalue weighted by molar-refractivity contribution is 7.88. The largest absolute Gasteiger partial charge is 0.598 e. The number of imidazole rings is 1. The maximum atomic E-state index is 13.4. The third-order valence-electron chi connectivity index (χ3n) is 4.48. The first-order chi connectivity index (χ1) is 13.9. The van der Waals surface area contributed by atoms with E-state index >= 15 is 0 Å². The van der Waals surface area contributed by atoms with Gasteiger partial charge in [0.2, 0.25) is 5.95 Å². The zero-order valence-electron chi connectivity index (χ0n) is 15.7. The first-order valence-electron chi connectivity index (χ1n) is 8.80. The monoisotopic (exact) mass is 456 g/mol. The summed E-state index contributed by atoms with van der Waals surface area (Å²) in [5.41, 5.74) is -2.14. The van der Waals surface area contributed by atoms with Crippen molar-refractivity contribution in [3.63, 3.8) is 0 Å². The molecule has 1 aliphatic heterocycles. The Morgan fingerprint density at radius 2 is 1.83 bits per heavy atom. The fourth-order valence-corrected chi connectivity index (χ4v) is 3.79. The van der Waals surface area contributed by atoms with Crippen LogP contribution in [0.25, 0.3) is 11.4 Å². The molecule has 0 bridgehead atoms. The number of alkyl halides is 6. The van der Waals surface area contributed by atoms with Gasteiger partial charge in [-0.2, -0.15) is 26.3 Å². The molecule has 3 rings (SSSR count). The lowest BCUT2D eigenvalue weighted by Gasteiger charge is -2.31. The summed E-state index contributed by atoms with van der Waals surface area (Å²) in [5.74, 6) is -0.0838. The molecular formula is C16H18F6N6OS. The van der Waals surface area contributed by atoms with Gasteiger partial charge in [0.05, 0.1) is 6.33 Å². The van der Waals surface area contributed by atoms with Crippen molar-refractivity contribution < 1.29 is 30.9 Å². The Hall–Kier alpha value is -2.06. The fourth-order valence-electron chi connectivity index (χ4n) is 3.07. The van der Waals surface area contributed by atoms with Crippen molar-refractivity contribution in [3.8, 4) is 11.4 Å². The Kier molecular flexibility index (Phi) is 6.48. The van der Waals surface area contributed by atoms with Gasteiger partial charge in [-0.1, -0.05) is 0 Å². The standard InChI is InChI=1S/C16H18F6N6OS/c1-30(29)28-4-2-10(3-5-28)25-14-23-6-11(16(20,21)22)13(26-14)12-7-27(9-24-12)8-15(17,18)19/h6-7,9-10H,2-5,8H2,1H3,(H,23,25,26). The van der Waals surface area contributed by atoms with Gasteiger partial charge in [0.25, 0.3) is 0 Å². The quantitative estimate of drug-likeness (QED) is 0.550. The topological polar surface area (TPSA) is 81.9 Å². The van der Waals surface area contributed by atoms with Crippen LogP contribution >= 0.6 is 0 Å². The molecule has 1 N–H and O–H groups in total. The molecule has 3 heterocycles. The van der Waals surface area contributed by atoms with Crippen molar-refractivity contribution >= 4 is 17.3 Å². The molecule has 0 spiro atoms. The van der Waals surface area contributed by atoms with Crippen molar-refractivity contribution in [2.75, 3.05) is 24.7 Å². The predicted octanol–water partition coefficient (Wildman–Crippen LogP) is 3.09. The van der Waals surface area contributed by atoms with Gasteiger partial charge in [0.15, 0.2) is 0 Å². The van der Waals surface area contributed by atoms with E-state index in [1.807, 2.05) is 0 Å². The average molecular weight is 456 g/mol. The van der Waals surface area contributed by atoms with E-state index in [4.69, 9.17) is 0 Å². The lowest BCUT2D eigenvalue weighted by atomic mass is 10.1. The zero-order valence-corrected chi connectivity index (χ0v) is 16.5. The summed E-state index contributed by atoms with van der Waals surface area (Å²) < 4.78 is 91.6. The van der Waals surface area contributed by atoms with E-state index in [9.17, 15) is 30.9 Å². The van der Waals surface area contributed by atoms with E-state index in [1.54, 1.807) is 10.6 Å². The van der Waals surface area contributed by atoms with Gasteiger partial charge < -0.3 is 14.4 Å². The lowest BCUT2D eigenvalue weighted by Crippen LogP contribution is -2.42. The molecule has 1 aliphatic rings. The number of anilines is 1. The van der Waals surface area contributed by atoms with Crippen LogP contribution in [0.4, 0.5) is 32.3 Å². The number of hydrogen-bond donors (Lipinski definition) is 1. The van der Waals surface area contributed by atoms with Gasteiger partial charge in [0.1, 0.15) is 29.8 Å². The molecule has 2 aromatic rings. The maximum Gasteiger partial charge on any atom is 0.420 e. The van der Waals surface area contributed by atoms with Crippen LogP contribution in [-0.2, 0) is 24.1 Å². The van der Waals surface area contributed by atoms with E-state index in [2.05, 4.69) is 20.3 Å². The lowest BCUT2D eigenvalue weighted by molar-refractivity contribution is -0.140. The summed E-state index contributed by atoms with van der Waals surface area (Å²) in [6.45, 7) is -0.304. The Balaban J connectivity index is 1.83. The molecule has 14 heteroatoms. The van der Waals surface area contributed by atoms with E-state index in [0.717, 1.165) is 12.5 Å². The summed E-state index contributed by atoms with van der Waals surface area (Å²) in [4.78, 5) is 11.3. The molecule has 1 saturated heterocycles. The molecule has 0 saturated carbocycles. The first-order valence-corrected chi connectivity index (χ1v) is 10.3. The highest BCUT2D eigenvalue weighted by Gasteiger charge is 2.37. The molecule has 0 aliphatic carbocycles. The van der Waals surface area contributed by atoms with Crippen LogP contribution < -0.4 is 5.32 Å². The van der Waals surface area contributed by atoms with E-state index in [1.165, 1.54) is 0 Å². The van der Waals surface area contributed by atoms with Crippen LogP contribution in [0.1, 0.15) is 18.4 Å². The van der Waals surface area contributed by atoms with Crippen LogP contribution in [0.5, 0.6) is 0 Å². The molecule has 0 aromatic carbocycles. The normalized spacial score (nSPS) is 17.9. The SMILES string of the molecule is C[S+]([O-])N1CCC(Nc2ncc(C(F)(F)F)c(-c3cn(CC(F)(F)F)cn3)n2)CC1. The molecule has 0 radical (unpaired) electrons. The number of nitrogens with zero attached hydrogens (tertiary/aromatic N) is 5. The van der Waals surface area contributed by atoms with Gasteiger partial charge in [-0.15, -0.1) is 4.31 Å². The van der Waals surface area contributed by atoms with E-state index < -0.39 is 41.5 Å². The molecule has 166 valence electrons. The van der Waals surface area contributed by atoms with Crippen molar-refractivity contribution in [3.05, 3.63) is 24.3 Å². The van der Waals surface area contributed by atoms with Crippen LogP contribution in [0.2, 0.25) is 0 Å². The Morgan fingerprint density at radius 3 is 2.40 bits per heavy atom. The number of hydrogen-bond acceptors (Lipinski definition) is 6.